The van der Waals surface area contributed by atoms with Gasteiger partial charge in [-0.15, -0.1) is 0 Å². The summed E-state index contributed by atoms with van der Waals surface area (Å²) < 4.78 is 0. The number of nitro groups is 1. The normalized spacial score (nSPS) is 10.5. The average molecular weight is 431 g/mol. The lowest BCUT2D eigenvalue weighted by molar-refractivity contribution is -0.384. The van der Waals surface area contributed by atoms with E-state index in [1.807, 2.05) is 36.4 Å². The average Bonchev–Trinajstić information content (AvgIpc) is 2.83. The molecule has 2 N–H and O–H groups in total. The van der Waals surface area contributed by atoms with E-state index >= 15 is 0 Å². The Hall–Kier alpha value is -4.00. The molecule has 0 aliphatic heterocycles. The van der Waals surface area contributed by atoms with Gasteiger partial charge < -0.3 is 10.6 Å². The fraction of sp³-hybridized carbons (Fsp3) is 0.200. The number of amides is 2. The van der Waals surface area contributed by atoms with Gasteiger partial charge in [-0.05, 0) is 29.7 Å². The van der Waals surface area contributed by atoms with Gasteiger partial charge in [-0.2, -0.15) is 0 Å². The third-order valence-corrected chi connectivity index (χ3v) is 5.14. The Morgan fingerprint density at radius 3 is 1.88 bits per heavy atom. The molecule has 2 amide bonds. The lowest BCUT2D eigenvalue weighted by Crippen LogP contribution is -2.31. The molecule has 0 unspecified atom stereocenters. The number of nitro benzene ring substituents is 1. The van der Waals surface area contributed by atoms with Crippen molar-refractivity contribution in [3.63, 3.8) is 0 Å². The first-order chi connectivity index (χ1) is 15.5. The molecule has 0 fully saturated rings. The van der Waals surface area contributed by atoms with E-state index in [-0.39, 0.29) is 36.4 Å². The number of nitrogens with zero attached hydrogens (tertiary/aromatic N) is 1. The van der Waals surface area contributed by atoms with Gasteiger partial charge in [-0.25, -0.2) is 0 Å². The number of carbonyl (C=O) groups is 2. The van der Waals surface area contributed by atoms with Gasteiger partial charge in [-0.1, -0.05) is 60.7 Å². The maximum absolute atomic E-state index is 12.2. The Labute approximate surface area is 186 Å². The zero-order valence-electron chi connectivity index (χ0n) is 17.6. The quantitative estimate of drug-likeness (QED) is 0.373. The van der Waals surface area contributed by atoms with Crippen molar-refractivity contribution in [1.29, 1.82) is 0 Å². The minimum absolute atomic E-state index is 0.0785. The summed E-state index contributed by atoms with van der Waals surface area (Å²) >= 11 is 0. The molecule has 0 saturated heterocycles. The summed E-state index contributed by atoms with van der Waals surface area (Å²) in [6.07, 6.45) is 0.912. The highest BCUT2D eigenvalue weighted by Gasteiger charge is 2.14. The van der Waals surface area contributed by atoms with E-state index in [1.165, 1.54) is 35.4 Å². The summed E-state index contributed by atoms with van der Waals surface area (Å²) in [4.78, 5) is 34.5. The predicted octanol–water partition coefficient (Wildman–Crippen LogP) is 4.05. The van der Waals surface area contributed by atoms with E-state index in [0.29, 0.717) is 12.1 Å². The van der Waals surface area contributed by atoms with Gasteiger partial charge in [0, 0.05) is 43.1 Å². The number of hydrogen-bond acceptors (Lipinski definition) is 4. The van der Waals surface area contributed by atoms with Crippen LogP contribution >= 0.6 is 0 Å². The first kappa shape index (κ1) is 22.7. The molecule has 0 saturated carbocycles. The van der Waals surface area contributed by atoms with Gasteiger partial charge in [-0.3, -0.25) is 19.7 Å². The Morgan fingerprint density at radius 2 is 1.34 bits per heavy atom. The Kier molecular flexibility index (Phi) is 8.09. The van der Waals surface area contributed by atoms with Crippen LogP contribution in [-0.4, -0.2) is 29.8 Å². The van der Waals surface area contributed by atoms with Crippen LogP contribution in [0.1, 0.15) is 40.2 Å². The Balaban J connectivity index is 1.44. The summed E-state index contributed by atoms with van der Waals surface area (Å²) in [7, 11) is 0. The third kappa shape index (κ3) is 6.50. The van der Waals surface area contributed by atoms with Gasteiger partial charge in [0.05, 0.1) is 4.92 Å². The lowest BCUT2D eigenvalue weighted by Gasteiger charge is -2.18. The first-order valence-corrected chi connectivity index (χ1v) is 10.4. The number of carbonyl (C=O) groups excluding carboxylic acids is 2. The fourth-order valence-corrected chi connectivity index (χ4v) is 3.47. The standard InChI is InChI=1S/C25H25N3O4/c29-24(16-18-27-25(30)21-11-13-22(14-12-21)28(31)32)26-17-15-23(19-7-3-1-4-8-19)20-9-5-2-6-10-20/h1-14,23H,15-18H2,(H,26,29)(H,27,30). The van der Waals surface area contributed by atoms with Crippen molar-refractivity contribution in [3.05, 3.63) is 112 Å². The summed E-state index contributed by atoms with van der Waals surface area (Å²) in [5, 5.41) is 16.3. The van der Waals surface area contributed by atoms with E-state index in [2.05, 4.69) is 34.9 Å². The Bertz CT molecular complexity index is 998. The van der Waals surface area contributed by atoms with Gasteiger partial charge in [0.15, 0.2) is 0 Å². The predicted molar refractivity (Wildman–Crippen MR) is 122 cm³/mol. The maximum Gasteiger partial charge on any atom is 0.269 e. The number of non-ortho nitro benzene ring substituents is 1. The number of hydrogen-bond donors (Lipinski definition) is 2. The van der Waals surface area contributed by atoms with E-state index in [0.717, 1.165) is 6.42 Å². The molecule has 0 bridgehead atoms. The molecule has 164 valence electrons. The van der Waals surface area contributed by atoms with Gasteiger partial charge >= 0.3 is 0 Å². The summed E-state index contributed by atoms with van der Waals surface area (Å²) in [6.45, 7) is 0.700. The highest BCUT2D eigenvalue weighted by molar-refractivity contribution is 5.94. The monoisotopic (exact) mass is 431 g/mol. The van der Waals surface area contributed by atoms with Crippen LogP contribution in [0.15, 0.2) is 84.9 Å². The topological polar surface area (TPSA) is 101 Å². The highest BCUT2D eigenvalue weighted by Crippen LogP contribution is 2.27. The molecule has 0 heterocycles. The van der Waals surface area contributed by atoms with Crippen LogP contribution in [0, 0.1) is 10.1 Å². The fourth-order valence-electron chi connectivity index (χ4n) is 3.47. The minimum atomic E-state index is -0.522. The summed E-state index contributed by atoms with van der Waals surface area (Å²) in [6, 6.07) is 25.7. The molecule has 32 heavy (non-hydrogen) atoms. The first-order valence-electron chi connectivity index (χ1n) is 10.4. The second-order valence-electron chi connectivity index (χ2n) is 7.32. The van der Waals surface area contributed by atoms with Crippen molar-refractivity contribution < 1.29 is 14.5 Å². The second kappa shape index (κ2) is 11.4. The Morgan fingerprint density at radius 1 is 0.781 bits per heavy atom. The van der Waals surface area contributed by atoms with E-state index < -0.39 is 4.92 Å². The van der Waals surface area contributed by atoms with Gasteiger partial charge in [0.25, 0.3) is 11.6 Å². The molecule has 7 nitrogen and oxygen atoms in total. The van der Waals surface area contributed by atoms with Crippen molar-refractivity contribution in [3.8, 4) is 0 Å². The van der Waals surface area contributed by atoms with Crippen molar-refractivity contribution in [2.45, 2.75) is 18.8 Å². The SMILES string of the molecule is O=C(CCNC(=O)c1ccc([N+](=O)[O-])cc1)NCCC(c1ccccc1)c1ccccc1. The smallest absolute Gasteiger partial charge is 0.269 e. The molecule has 0 spiro atoms. The minimum Gasteiger partial charge on any atom is -0.356 e. The van der Waals surface area contributed by atoms with E-state index in [1.54, 1.807) is 0 Å². The maximum atomic E-state index is 12.2. The molecule has 0 radical (unpaired) electrons. The van der Waals surface area contributed by atoms with Crippen LogP contribution in [0.25, 0.3) is 0 Å². The number of benzene rings is 3. The lowest BCUT2D eigenvalue weighted by atomic mass is 9.88. The zero-order chi connectivity index (χ0) is 22.8. The third-order valence-electron chi connectivity index (χ3n) is 5.14. The molecule has 0 aliphatic carbocycles. The molecule has 0 aromatic heterocycles. The van der Waals surface area contributed by atoms with Crippen LogP contribution in [-0.2, 0) is 4.79 Å². The molecule has 3 aromatic carbocycles. The molecule has 7 heteroatoms. The summed E-state index contributed by atoms with van der Waals surface area (Å²) in [5.41, 5.74) is 2.63. The van der Waals surface area contributed by atoms with Crippen LogP contribution < -0.4 is 10.6 Å². The van der Waals surface area contributed by atoms with Crippen molar-refractivity contribution in [1.82, 2.24) is 10.6 Å². The van der Waals surface area contributed by atoms with Crippen LogP contribution in [0.2, 0.25) is 0 Å². The number of rotatable bonds is 10. The van der Waals surface area contributed by atoms with Crippen LogP contribution in [0.4, 0.5) is 5.69 Å². The molecule has 0 aliphatic rings. The second-order valence-corrected chi connectivity index (χ2v) is 7.32. The molecular formula is C25H25N3O4. The molecule has 0 atom stereocenters. The largest absolute Gasteiger partial charge is 0.356 e. The molecule has 3 rings (SSSR count). The van der Waals surface area contributed by atoms with Crippen LogP contribution in [0.5, 0.6) is 0 Å². The van der Waals surface area contributed by atoms with Gasteiger partial charge in [0.1, 0.15) is 0 Å². The van der Waals surface area contributed by atoms with Crippen molar-refractivity contribution in [2.75, 3.05) is 13.1 Å². The zero-order valence-corrected chi connectivity index (χ0v) is 17.6. The van der Waals surface area contributed by atoms with Crippen LogP contribution in [0.3, 0.4) is 0 Å². The molecular weight excluding hydrogens is 406 g/mol. The number of nitrogens with one attached hydrogen (secondary N) is 2. The van der Waals surface area contributed by atoms with E-state index in [9.17, 15) is 19.7 Å². The van der Waals surface area contributed by atoms with E-state index in [4.69, 9.17) is 0 Å². The molecule has 3 aromatic rings. The van der Waals surface area contributed by atoms with Gasteiger partial charge in [0.2, 0.25) is 5.91 Å². The highest BCUT2D eigenvalue weighted by atomic mass is 16.6. The van der Waals surface area contributed by atoms with Crippen molar-refractivity contribution in [2.24, 2.45) is 0 Å². The summed E-state index contributed by atoms with van der Waals surface area (Å²) in [5.74, 6) is -0.339. The van der Waals surface area contributed by atoms with Crippen molar-refractivity contribution >= 4 is 17.5 Å².